The predicted octanol–water partition coefficient (Wildman–Crippen LogP) is 2.87. The molecule has 3 rings (SSSR count). The third-order valence-electron chi connectivity index (χ3n) is 4.25. The van der Waals surface area contributed by atoms with Gasteiger partial charge in [-0.3, -0.25) is 4.79 Å². The number of hydrogen-bond donors (Lipinski definition) is 1. The number of carbonyl (C=O) groups excluding carboxylic acids is 1. The predicted molar refractivity (Wildman–Crippen MR) is 80.1 cm³/mol. The zero-order chi connectivity index (χ0) is 16.5. The van der Waals surface area contributed by atoms with Crippen molar-refractivity contribution in [2.24, 2.45) is 10.8 Å². The van der Waals surface area contributed by atoms with Gasteiger partial charge in [0.15, 0.2) is 11.5 Å². The largest absolute Gasteiger partial charge is 0.504 e. The molecule has 2 bridgehead atoms. The Kier molecular flexibility index (Phi) is 3.08. The van der Waals surface area contributed by atoms with Gasteiger partial charge in [0.2, 0.25) is 5.78 Å². The molecule has 2 atom stereocenters. The number of ketones is 1. The van der Waals surface area contributed by atoms with Gasteiger partial charge in [0.05, 0.1) is 12.2 Å². The summed E-state index contributed by atoms with van der Waals surface area (Å²) >= 11 is 0. The summed E-state index contributed by atoms with van der Waals surface area (Å²) in [4.78, 5) is 12.8. The molecular weight excluding hydrogens is 284 g/mol. The van der Waals surface area contributed by atoms with Crippen LogP contribution in [0.4, 0.5) is 0 Å². The molecule has 0 aromatic carbocycles. The average Bonchev–Trinajstić information content (AvgIpc) is 2.66. The lowest BCUT2D eigenvalue weighted by Crippen LogP contribution is -2.51. The van der Waals surface area contributed by atoms with Gasteiger partial charge in [-0.25, -0.2) is 0 Å². The number of allylic oxidation sites excluding steroid dienone is 1. The molecule has 1 aliphatic carbocycles. The van der Waals surface area contributed by atoms with E-state index in [2.05, 4.69) is 0 Å². The van der Waals surface area contributed by atoms with Gasteiger partial charge in [0, 0.05) is 5.57 Å². The Morgan fingerprint density at radius 3 is 2.27 bits per heavy atom. The third kappa shape index (κ3) is 1.95. The number of fused-ring (bicyclic) bond motifs is 1. The Bertz CT molecular complexity index is 600. The van der Waals surface area contributed by atoms with Crippen molar-refractivity contribution in [2.75, 3.05) is 13.2 Å². The molecule has 0 radical (unpaired) electrons. The van der Waals surface area contributed by atoms with Crippen LogP contribution in [0.3, 0.4) is 0 Å². The minimum atomic E-state index is -1.26. The molecule has 2 aliphatic heterocycles. The molecule has 2 unspecified atom stereocenters. The highest BCUT2D eigenvalue weighted by Gasteiger charge is 2.62. The van der Waals surface area contributed by atoms with Gasteiger partial charge >= 0.3 is 0 Å². The Balaban J connectivity index is 2.30. The molecule has 0 aromatic rings. The molecule has 2 saturated heterocycles. The Morgan fingerprint density at radius 1 is 1.09 bits per heavy atom. The summed E-state index contributed by atoms with van der Waals surface area (Å²) in [5.74, 6) is -1.51. The molecular formula is C17H24O5. The minimum Gasteiger partial charge on any atom is -0.504 e. The second kappa shape index (κ2) is 4.36. The SMILES string of the molecule is CC(C)(C)C1=C2OCC3COC2(O3)C(C(C)(C)C)=C(O)C1=O. The van der Waals surface area contributed by atoms with Crippen molar-refractivity contribution in [3.63, 3.8) is 0 Å². The first kappa shape index (κ1) is 15.6. The van der Waals surface area contributed by atoms with Crippen LogP contribution in [0.5, 0.6) is 0 Å². The van der Waals surface area contributed by atoms with Crippen LogP contribution in [0.2, 0.25) is 0 Å². The number of ether oxygens (including phenoxy) is 3. The van der Waals surface area contributed by atoms with E-state index < -0.39 is 22.4 Å². The highest BCUT2D eigenvalue weighted by atomic mass is 16.8. The van der Waals surface area contributed by atoms with Gasteiger partial charge in [-0.2, -0.15) is 0 Å². The van der Waals surface area contributed by atoms with Gasteiger partial charge < -0.3 is 19.3 Å². The van der Waals surface area contributed by atoms with Crippen molar-refractivity contribution < 1.29 is 24.1 Å². The lowest BCUT2D eigenvalue weighted by atomic mass is 9.70. The molecule has 2 fully saturated rings. The van der Waals surface area contributed by atoms with Crippen LogP contribution < -0.4 is 0 Å². The van der Waals surface area contributed by atoms with E-state index in [0.29, 0.717) is 30.1 Å². The topological polar surface area (TPSA) is 65.0 Å². The fourth-order valence-corrected chi connectivity index (χ4v) is 3.49. The number of aliphatic hydroxyl groups is 1. The first-order valence-electron chi connectivity index (χ1n) is 7.67. The number of Topliss-reactive ketones (excluding diaryl/α,β-unsaturated/α-hetero) is 1. The zero-order valence-electron chi connectivity index (χ0n) is 14.1. The first-order chi connectivity index (χ1) is 9.98. The summed E-state index contributed by atoms with van der Waals surface area (Å²) in [6.45, 7) is 12.3. The molecule has 3 aliphatic rings. The van der Waals surface area contributed by atoms with E-state index in [1.165, 1.54) is 0 Å². The standard InChI is InChI=1S/C17H24O5/c1-15(2,3)10-11(18)12(19)13(16(4,5)6)17-14(10)20-7-9(22-17)8-21-17/h9,19H,7-8H2,1-6H3. The van der Waals surface area contributed by atoms with E-state index in [1.54, 1.807) is 0 Å². The number of hydrogen-bond acceptors (Lipinski definition) is 5. The van der Waals surface area contributed by atoms with Crippen LogP contribution in [0.25, 0.3) is 0 Å². The first-order valence-corrected chi connectivity index (χ1v) is 7.67. The van der Waals surface area contributed by atoms with Crippen LogP contribution in [-0.2, 0) is 19.0 Å². The molecule has 1 spiro atoms. The summed E-state index contributed by atoms with van der Waals surface area (Å²) in [5, 5.41) is 10.6. The van der Waals surface area contributed by atoms with Gasteiger partial charge in [-0.1, -0.05) is 41.5 Å². The van der Waals surface area contributed by atoms with Crippen molar-refractivity contribution in [1.82, 2.24) is 0 Å². The molecule has 5 heteroatoms. The van der Waals surface area contributed by atoms with E-state index >= 15 is 0 Å². The van der Waals surface area contributed by atoms with Gasteiger partial charge in [0.25, 0.3) is 5.79 Å². The Hall–Kier alpha value is -1.33. The summed E-state index contributed by atoms with van der Waals surface area (Å²) < 4.78 is 18.0. The lowest BCUT2D eigenvalue weighted by Gasteiger charge is -2.45. The van der Waals surface area contributed by atoms with E-state index in [9.17, 15) is 9.90 Å². The molecule has 0 amide bonds. The quantitative estimate of drug-likeness (QED) is 0.745. The normalized spacial score (nSPS) is 32.3. The van der Waals surface area contributed by atoms with Crippen molar-refractivity contribution in [1.29, 1.82) is 0 Å². The summed E-state index contributed by atoms with van der Waals surface area (Å²) in [7, 11) is 0. The number of rotatable bonds is 0. The second-order valence-corrected chi connectivity index (χ2v) is 8.24. The maximum atomic E-state index is 12.8. The van der Waals surface area contributed by atoms with Crippen molar-refractivity contribution in [2.45, 2.75) is 53.4 Å². The Labute approximate surface area is 130 Å². The van der Waals surface area contributed by atoms with Crippen LogP contribution in [-0.4, -0.2) is 36.0 Å². The zero-order valence-corrected chi connectivity index (χ0v) is 14.1. The summed E-state index contributed by atoms with van der Waals surface area (Å²) in [5.41, 5.74) is -0.100. The Morgan fingerprint density at radius 2 is 1.73 bits per heavy atom. The monoisotopic (exact) mass is 308 g/mol. The van der Waals surface area contributed by atoms with E-state index in [-0.39, 0.29) is 11.9 Å². The highest BCUT2D eigenvalue weighted by Crippen LogP contribution is 2.54. The maximum absolute atomic E-state index is 12.8. The number of carbonyl (C=O) groups is 1. The fraction of sp³-hybridized carbons (Fsp3) is 0.706. The van der Waals surface area contributed by atoms with Crippen molar-refractivity contribution in [3.05, 3.63) is 22.7 Å². The van der Waals surface area contributed by atoms with Gasteiger partial charge in [-0.15, -0.1) is 0 Å². The van der Waals surface area contributed by atoms with Crippen molar-refractivity contribution >= 4 is 5.78 Å². The molecule has 0 saturated carbocycles. The highest BCUT2D eigenvalue weighted by molar-refractivity contribution is 6.10. The summed E-state index contributed by atoms with van der Waals surface area (Å²) in [6, 6.07) is 0. The third-order valence-corrected chi connectivity index (χ3v) is 4.25. The minimum absolute atomic E-state index is 0.177. The van der Waals surface area contributed by atoms with Crippen LogP contribution in [0.1, 0.15) is 41.5 Å². The average molecular weight is 308 g/mol. The maximum Gasteiger partial charge on any atom is 0.256 e. The van der Waals surface area contributed by atoms with Crippen LogP contribution >= 0.6 is 0 Å². The van der Waals surface area contributed by atoms with E-state index in [4.69, 9.17) is 14.2 Å². The molecule has 1 N–H and O–H groups in total. The molecule has 5 nitrogen and oxygen atoms in total. The fourth-order valence-electron chi connectivity index (χ4n) is 3.49. The van der Waals surface area contributed by atoms with E-state index in [0.717, 1.165) is 0 Å². The van der Waals surface area contributed by atoms with Crippen molar-refractivity contribution in [3.8, 4) is 0 Å². The molecule has 2 heterocycles. The molecule has 22 heavy (non-hydrogen) atoms. The summed E-state index contributed by atoms with van der Waals surface area (Å²) in [6.07, 6.45) is -0.177. The number of aliphatic hydroxyl groups excluding tert-OH is 1. The van der Waals surface area contributed by atoms with Crippen LogP contribution in [0, 0.1) is 10.8 Å². The van der Waals surface area contributed by atoms with Gasteiger partial charge in [-0.05, 0) is 10.8 Å². The van der Waals surface area contributed by atoms with Crippen LogP contribution in [0.15, 0.2) is 22.7 Å². The lowest BCUT2D eigenvalue weighted by molar-refractivity contribution is -0.187. The smallest absolute Gasteiger partial charge is 0.256 e. The van der Waals surface area contributed by atoms with Gasteiger partial charge in [0.1, 0.15) is 12.7 Å². The second-order valence-electron chi connectivity index (χ2n) is 8.24. The molecule has 0 aromatic heterocycles. The molecule has 122 valence electrons. The van der Waals surface area contributed by atoms with E-state index in [1.807, 2.05) is 41.5 Å².